The van der Waals surface area contributed by atoms with Gasteiger partial charge in [-0.3, -0.25) is 0 Å². The van der Waals surface area contributed by atoms with Crippen LogP contribution in [0.15, 0.2) is 55.7 Å². The van der Waals surface area contributed by atoms with Crippen LogP contribution in [0.4, 0.5) is 0 Å². The Morgan fingerprint density at radius 2 is 1.52 bits per heavy atom. The van der Waals surface area contributed by atoms with Gasteiger partial charge in [-0.15, -0.1) is 0 Å². The van der Waals surface area contributed by atoms with Gasteiger partial charge in [-0.25, -0.2) is 0 Å². The molecule has 25 heavy (non-hydrogen) atoms. The number of rotatable bonds is 4. The highest BCUT2D eigenvalue weighted by Gasteiger charge is 2.38. The number of aryl methyl sites for hydroxylation is 1. The van der Waals surface area contributed by atoms with Crippen LogP contribution in [-0.4, -0.2) is 0 Å². The third-order valence-electron chi connectivity index (χ3n) is 5.29. The first kappa shape index (κ1) is 17.2. The number of hydrogen-bond acceptors (Lipinski definition) is 0. The predicted molar refractivity (Wildman–Crippen MR) is 113 cm³/mol. The largest absolute Gasteiger partial charge is 0.0991 e. The van der Waals surface area contributed by atoms with E-state index in [1.54, 1.807) is 0 Å². The number of hydrogen-bond donors (Lipinski definition) is 0. The Kier molecular flexibility index (Phi) is 4.39. The van der Waals surface area contributed by atoms with E-state index >= 15 is 0 Å². The van der Waals surface area contributed by atoms with E-state index in [1.807, 2.05) is 18.2 Å². The van der Waals surface area contributed by atoms with Crippen LogP contribution in [0, 0.1) is 6.92 Å². The van der Waals surface area contributed by atoms with Gasteiger partial charge in [0.25, 0.3) is 0 Å². The Morgan fingerprint density at radius 3 is 2.12 bits per heavy atom. The summed E-state index contributed by atoms with van der Waals surface area (Å²) in [5.74, 6) is 0. The van der Waals surface area contributed by atoms with Crippen molar-refractivity contribution in [3.63, 3.8) is 0 Å². The van der Waals surface area contributed by atoms with Crippen molar-refractivity contribution in [1.82, 2.24) is 0 Å². The topological polar surface area (TPSA) is 0 Å². The molecular weight excluding hydrogens is 300 g/mol. The van der Waals surface area contributed by atoms with Gasteiger partial charge in [-0.1, -0.05) is 87.7 Å². The lowest BCUT2D eigenvalue weighted by Gasteiger charge is -2.22. The SMILES string of the molecule is C=C/C=C\c1c(C)ccc2c1-c1c(ccc(C=C)c1/C=C\C)C2(C)C. The van der Waals surface area contributed by atoms with Crippen LogP contribution in [0.25, 0.3) is 29.4 Å². The van der Waals surface area contributed by atoms with Gasteiger partial charge < -0.3 is 0 Å². The van der Waals surface area contributed by atoms with E-state index in [1.165, 1.54) is 44.5 Å². The Bertz CT molecular complexity index is 918. The smallest absolute Gasteiger partial charge is 0.0159 e. The van der Waals surface area contributed by atoms with Crippen LogP contribution >= 0.6 is 0 Å². The molecule has 0 unspecified atom stereocenters. The summed E-state index contributed by atoms with van der Waals surface area (Å²) < 4.78 is 0. The molecule has 0 atom stereocenters. The van der Waals surface area contributed by atoms with E-state index in [0.717, 1.165) is 0 Å². The average Bonchev–Trinajstić information content (AvgIpc) is 2.82. The summed E-state index contributed by atoms with van der Waals surface area (Å²) >= 11 is 0. The van der Waals surface area contributed by atoms with Crippen molar-refractivity contribution < 1.29 is 0 Å². The Hall–Kier alpha value is -2.60. The molecule has 0 spiro atoms. The molecule has 126 valence electrons. The van der Waals surface area contributed by atoms with Crippen molar-refractivity contribution in [2.45, 2.75) is 33.1 Å². The third kappa shape index (κ3) is 2.53. The third-order valence-corrected chi connectivity index (χ3v) is 5.29. The van der Waals surface area contributed by atoms with Gasteiger partial charge in [0, 0.05) is 5.41 Å². The fourth-order valence-electron chi connectivity index (χ4n) is 3.99. The molecule has 0 N–H and O–H groups in total. The molecule has 1 aliphatic rings. The van der Waals surface area contributed by atoms with Crippen molar-refractivity contribution in [2.75, 3.05) is 0 Å². The van der Waals surface area contributed by atoms with Crippen LogP contribution in [0.1, 0.15) is 54.2 Å². The van der Waals surface area contributed by atoms with E-state index in [4.69, 9.17) is 0 Å². The summed E-state index contributed by atoms with van der Waals surface area (Å²) in [6.07, 6.45) is 12.3. The normalized spacial score (nSPS) is 14.7. The van der Waals surface area contributed by atoms with E-state index in [9.17, 15) is 0 Å². The van der Waals surface area contributed by atoms with Gasteiger partial charge in [0.1, 0.15) is 0 Å². The zero-order valence-corrected chi connectivity index (χ0v) is 15.7. The maximum Gasteiger partial charge on any atom is 0.0159 e. The van der Waals surface area contributed by atoms with Gasteiger partial charge in [0.05, 0.1) is 0 Å². The van der Waals surface area contributed by atoms with E-state index in [2.05, 4.69) is 83.3 Å². The summed E-state index contributed by atoms with van der Waals surface area (Å²) in [6, 6.07) is 9.00. The number of allylic oxidation sites excluding steroid dienone is 3. The van der Waals surface area contributed by atoms with E-state index < -0.39 is 0 Å². The molecular formula is C25H26. The molecule has 3 rings (SSSR count). The zero-order valence-electron chi connectivity index (χ0n) is 15.7. The minimum absolute atomic E-state index is 0.00876. The Labute approximate surface area is 151 Å². The second kappa shape index (κ2) is 6.37. The quantitative estimate of drug-likeness (QED) is 0.522. The van der Waals surface area contributed by atoms with Gasteiger partial charge in [-0.2, -0.15) is 0 Å². The summed E-state index contributed by atoms with van der Waals surface area (Å²) in [6.45, 7) is 16.7. The summed E-state index contributed by atoms with van der Waals surface area (Å²) in [7, 11) is 0. The first-order valence-electron chi connectivity index (χ1n) is 8.83. The molecule has 0 heterocycles. The van der Waals surface area contributed by atoms with Crippen LogP contribution < -0.4 is 0 Å². The molecule has 0 fully saturated rings. The van der Waals surface area contributed by atoms with E-state index in [0.29, 0.717) is 0 Å². The van der Waals surface area contributed by atoms with Crippen LogP contribution in [0.3, 0.4) is 0 Å². The second-order valence-electron chi connectivity index (χ2n) is 7.13. The molecule has 0 bridgehead atoms. The highest BCUT2D eigenvalue weighted by atomic mass is 14.4. The second-order valence-corrected chi connectivity index (χ2v) is 7.13. The summed E-state index contributed by atoms with van der Waals surface area (Å²) in [4.78, 5) is 0. The lowest BCUT2D eigenvalue weighted by Crippen LogP contribution is -2.15. The maximum atomic E-state index is 4.02. The van der Waals surface area contributed by atoms with Crippen molar-refractivity contribution in [1.29, 1.82) is 0 Å². The van der Waals surface area contributed by atoms with Crippen molar-refractivity contribution in [3.05, 3.63) is 89.0 Å². The highest BCUT2D eigenvalue weighted by Crippen LogP contribution is 2.53. The molecule has 0 saturated heterocycles. The minimum Gasteiger partial charge on any atom is -0.0991 e. The highest BCUT2D eigenvalue weighted by molar-refractivity contribution is 5.94. The fourth-order valence-corrected chi connectivity index (χ4v) is 3.99. The van der Waals surface area contributed by atoms with Gasteiger partial charge in [-0.05, 0) is 58.4 Å². The molecule has 2 aromatic carbocycles. The predicted octanol–water partition coefficient (Wildman–Crippen LogP) is 7.18. The van der Waals surface area contributed by atoms with Gasteiger partial charge in [0.2, 0.25) is 0 Å². The van der Waals surface area contributed by atoms with Crippen LogP contribution in [0.5, 0.6) is 0 Å². The summed E-state index contributed by atoms with van der Waals surface area (Å²) in [5.41, 5.74) is 10.5. The molecule has 0 aromatic heterocycles. The molecule has 0 aliphatic heterocycles. The van der Waals surface area contributed by atoms with Crippen molar-refractivity contribution in [2.24, 2.45) is 0 Å². The fraction of sp³-hybridized carbons (Fsp3) is 0.200. The maximum absolute atomic E-state index is 4.02. The summed E-state index contributed by atoms with van der Waals surface area (Å²) in [5, 5.41) is 0. The molecule has 0 saturated carbocycles. The monoisotopic (exact) mass is 326 g/mol. The molecule has 0 nitrogen and oxygen atoms in total. The number of benzene rings is 2. The molecule has 2 aromatic rings. The first-order valence-corrected chi connectivity index (χ1v) is 8.83. The van der Waals surface area contributed by atoms with Crippen molar-refractivity contribution in [3.8, 4) is 11.1 Å². The first-order chi connectivity index (χ1) is 12.0. The van der Waals surface area contributed by atoms with Crippen LogP contribution in [-0.2, 0) is 5.41 Å². The lowest BCUT2D eigenvalue weighted by molar-refractivity contribution is 0.660. The molecule has 1 aliphatic carbocycles. The molecule has 0 amide bonds. The van der Waals surface area contributed by atoms with Crippen molar-refractivity contribution >= 4 is 18.2 Å². The molecule has 0 heteroatoms. The Morgan fingerprint density at radius 1 is 0.880 bits per heavy atom. The van der Waals surface area contributed by atoms with Gasteiger partial charge >= 0.3 is 0 Å². The van der Waals surface area contributed by atoms with Gasteiger partial charge in [0.15, 0.2) is 0 Å². The minimum atomic E-state index is -0.00876. The molecule has 0 radical (unpaired) electrons. The average molecular weight is 326 g/mol. The standard InChI is InChI=1S/C25H26/c1-7-10-12-19-17(4)13-15-21-23(19)24-20(11-8-2)18(9-3)14-16-22(24)25(21,5)6/h7-16H,1,3H2,2,4-6H3/b11-8-,12-10-. The number of fused-ring (bicyclic) bond motifs is 3. The van der Waals surface area contributed by atoms with Crippen LogP contribution in [0.2, 0.25) is 0 Å². The lowest BCUT2D eigenvalue weighted by atomic mass is 9.81. The Balaban J connectivity index is 2.50. The zero-order chi connectivity index (χ0) is 18.2. The van der Waals surface area contributed by atoms with E-state index in [-0.39, 0.29) is 5.41 Å².